The van der Waals surface area contributed by atoms with Crippen LogP contribution in [0.1, 0.15) is 19.8 Å². The highest BCUT2D eigenvalue weighted by atomic mass is 32.2. The van der Waals surface area contributed by atoms with Crippen molar-refractivity contribution in [3.63, 3.8) is 0 Å². The van der Waals surface area contributed by atoms with Gasteiger partial charge in [-0.1, -0.05) is 13.3 Å². The lowest BCUT2D eigenvalue weighted by molar-refractivity contribution is -0.716. The third kappa shape index (κ3) is 3.43. The number of hydrogen-bond acceptors (Lipinski definition) is 5. The molecule has 0 aromatic heterocycles. The third-order valence-corrected chi connectivity index (χ3v) is 4.49. The molecule has 3 N–H and O–H groups in total. The second-order valence-corrected chi connectivity index (χ2v) is 6.37. The Kier molecular flexibility index (Phi) is 4.28. The first kappa shape index (κ1) is 13.4. The smallest absolute Gasteiger partial charge is 0.159 e. The number of carboxylic acid groups (broad SMARTS) is 1. The van der Waals surface area contributed by atoms with Gasteiger partial charge in [-0.15, -0.1) is 0 Å². The van der Waals surface area contributed by atoms with E-state index in [-0.39, 0.29) is 11.5 Å². The lowest BCUT2D eigenvalue weighted by atomic mass is 10.1. The molecule has 1 fully saturated rings. The van der Waals surface area contributed by atoms with E-state index in [1.807, 2.05) is 6.92 Å². The zero-order valence-corrected chi connectivity index (χ0v) is 9.94. The number of sulfone groups is 1. The number of aliphatic hydroxyl groups excluding tert-OH is 1. The Morgan fingerprint density at radius 1 is 1.56 bits per heavy atom. The van der Waals surface area contributed by atoms with Crippen LogP contribution < -0.4 is 10.4 Å². The molecule has 1 rings (SSSR count). The van der Waals surface area contributed by atoms with Gasteiger partial charge in [0.15, 0.2) is 9.84 Å². The van der Waals surface area contributed by atoms with Crippen LogP contribution in [0.15, 0.2) is 0 Å². The Morgan fingerprint density at radius 3 is 2.56 bits per heavy atom. The van der Waals surface area contributed by atoms with Crippen LogP contribution in [0.5, 0.6) is 0 Å². The second kappa shape index (κ2) is 5.11. The minimum absolute atomic E-state index is 0.165. The SMILES string of the molecule is CCC[C@H]([NH2+][C@@H]1CS(=O)(=O)C[C@H]1O)C(=O)[O-]. The molecule has 1 heterocycles. The van der Waals surface area contributed by atoms with Gasteiger partial charge in [0.05, 0.1) is 11.7 Å². The lowest BCUT2D eigenvalue weighted by Crippen LogP contribution is -2.99. The van der Waals surface area contributed by atoms with E-state index in [0.717, 1.165) is 0 Å². The Balaban J connectivity index is 2.62. The highest BCUT2D eigenvalue weighted by Gasteiger charge is 2.40. The molecule has 94 valence electrons. The maximum Gasteiger partial charge on any atom is 0.159 e. The van der Waals surface area contributed by atoms with Crippen molar-refractivity contribution >= 4 is 15.8 Å². The van der Waals surface area contributed by atoms with Crippen molar-refractivity contribution in [3.05, 3.63) is 0 Å². The van der Waals surface area contributed by atoms with E-state index >= 15 is 0 Å². The lowest BCUT2D eigenvalue weighted by Gasteiger charge is -2.21. The Hall–Kier alpha value is -0.660. The molecule has 0 radical (unpaired) electrons. The second-order valence-electron chi connectivity index (χ2n) is 4.21. The van der Waals surface area contributed by atoms with Crippen molar-refractivity contribution in [2.24, 2.45) is 0 Å². The first-order chi connectivity index (χ1) is 7.35. The summed E-state index contributed by atoms with van der Waals surface area (Å²) in [7, 11) is -3.23. The molecule has 3 atom stereocenters. The van der Waals surface area contributed by atoms with Gasteiger partial charge in [0.1, 0.15) is 23.9 Å². The Bertz CT molecular complexity index is 353. The number of carbonyl (C=O) groups excluding carboxylic acids is 1. The predicted octanol–water partition coefficient (Wildman–Crippen LogP) is -3.37. The fraction of sp³-hybridized carbons (Fsp3) is 0.889. The molecule has 6 nitrogen and oxygen atoms in total. The molecule has 0 spiro atoms. The van der Waals surface area contributed by atoms with E-state index in [4.69, 9.17) is 0 Å². The molecule has 16 heavy (non-hydrogen) atoms. The average Bonchev–Trinajstić information content (AvgIpc) is 2.38. The monoisotopic (exact) mass is 251 g/mol. The third-order valence-electron chi connectivity index (χ3n) is 2.75. The summed E-state index contributed by atoms with van der Waals surface area (Å²) in [5, 5.41) is 21.7. The molecular formula is C9H17NO5S. The van der Waals surface area contributed by atoms with Crippen LogP contribution in [0.25, 0.3) is 0 Å². The van der Waals surface area contributed by atoms with E-state index in [1.54, 1.807) is 0 Å². The van der Waals surface area contributed by atoms with E-state index in [2.05, 4.69) is 0 Å². The molecule has 0 unspecified atom stereocenters. The normalized spacial score (nSPS) is 30.1. The molecule has 1 aliphatic rings. The topological polar surface area (TPSA) is 111 Å². The molecule has 1 saturated heterocycles. The fourth-order valence-corrected chi connectivity index (χ4v) is 3.77. The number of hydrogen-bond donors (Lipinski definition) is 2. The van der Waals surface area contributed by atoms with Gasteiger partial charge in [-0.2, -0.15) is 0 Å². The van der Waals surface area contributed by atoms with E-state index < -0.39 is 34.0 Å². The van der Waals surface area contributed by atoms with Crippen molar-refractivity contribution in [1.82, 2.24) is 0 Å². The van der Waals surface area contributed by atoms with Gasteiger partial charge in [0.25, 0.3) is 0 Å². The van der Waals surface area contributed by atoms with Crippen LogP contribution in [0, 0.1) is 0 Å². The molecule has 7 heteroatoms. The summed E-state index contributed by atoms with van der Waals surface area (Å²) in [4.78, 5) is 10.8. The van der Waals surface area contributed by atoms with Gasteiger partial charge in [0.2, 0.25) is 0 Å². The van der Waals surface area contributed by atoms with Crippen LogP contribution in [0.4, 0.5) is 0 Å². The van der Waals surface area contributed by atoms with Crippen molar-refractivity contribution in [3.8, 4) is 0 Å². The molecule has 0 bridgehead atoms. The van der Waals surface area contributed by atoms with Crippen LogP contribution in [-0.2, 0) is 14.6 Å². The summed E-state index contributed by atoms with van der Waals surface area (Å²) in [6.07, 6.45) is 0.0970. The molecular weight excluding hydrogens is 234 g/mol. The van der Waals surface area contributed by atoms with Gasteiger partial charge in [0, 0.05) is 6.42 Å². The van der Waals surface area contributed by atoms with Gasteiger partial charge in [-0.3, -0.25) is 0 Å². The van der Waals surface area contributed by atoms with Crippen LogP contribution in [0.2, 0.25) is 0 Å². The van der Waals surface area contributed by atoms with Crippen molar-refractivity contribution in [2.75, 3.05) is 11.5 Å². The van der Waals surface area contributed by atoms with Gasteiger partial charge < -0.3 is 20.3 Å². The summed E-state index contributed by atoms with van der Waals surface area (Å²) >= 11 is 0. The summed E-state index contributed by atoms with van der Waals surface area (Å²) in [5.74, 6) is -1.65. The fourth-order valence-electron chi connectivity index (χ4n) is 1.94. The minimum atomic E-state index is -3.23. The van der Waals surface area contributed by atoms with Gasteiger partial charge in [-0.05, 0) is 0 Å². The number of rotatable bonds is 5. The van der Waals surface area contributed by atoms with E-state index in [1.165, 1.54) is 5.32 Å². The van der Waals surface area contributed by atoms with Crippen LogP contribution >= 0.6 is 0 Å². The standard InChI is InChI=1S/C9H17NO5S/c1-2-3-6(9(12)13)10-7-4-16(14,15)5-8(7)11/h6-8,10-11H,2-5H2,1H3,(H,12,13)/t6-,7+,8+/m0/s1. The Labute approximate surface area is 94.6 Å². The highest BCUT2D eigenvalue weighted by molar-refractivity contribution is 7.91. The summed E-state index contributed by atoms with van der Waals surface area (Å²) in [5.41, 5.74) is 0. The van der Waals surface area contributed by atoms with E-state index in [0.29, 0.717) is 12.8 Å². The molecule has 0 amide bonds. The summed E-state index contributed by atoms with van der Waals surface area (Å²) < 4.78 is 22.4. The minimum Gasteiger partial charge on any atom is -0.544 e. The summed E-state index contributed by atoms with van der Waals surface area (Å²) in [6, 6.07) is -1.36. The molecule has 0 saturated carbocycles. The molecule has 0 aliphatic carbocycles. The largest absolute Gasteiger partial charge is 0.544 e. The number of carbonyl (C=O) groups is 1. The maximum atomic E-state index is 11.2. The quantitative estimate of drug-likeness (QED) is 0.530. The first-order valence-electron chi connectivity index (χ1n) is 5.30. The number of quaternary nitrogens is 1. The van der Waals surface area contributed by atoms with Crippen LogP contribution in [0.3, 0.4) is 0 Å². The highest BCUT2D eigenvalue weighted by Crippen LogP contribution is 2.09. The van der Waals surface area contributed by atoms with Crippen LogP contribution in [-0.4, -0.2) is 49.2 Å². The Morgan fingerprint density at radius 2 is 2.19 bits per heavy atom. The average molecular weight is 251 g/mol. The zero-order valence-electron chi connectivity index (χ0n) is 9.13. The van der Waals surface area contributed by atoms with Crippen molar-refractivity contribution in [2.45, 2.75) is 38.0 Å². The van der Waals surface area contributed by atoms with Gasteiger partial charge in [-0.25, -0.2) is 8.42 Å². The van der Waals surface area contributed by atoms with Crippen molar-refractivity contribution in [1.29, 1.82) is 0 Å². The molecule has 0 aromatic rings. The number of carboxylic acids is 1. The zero-order chi connectivity index (χ0) is 12.3. The maximum absolute atomic E-state index is 11.2. The predicted molar refractivity (Wildman–Crippen MR) is 54.1 cm³/mol. The number of aliphatic carboxylic acids is 1. The molecule has 1 aliphatic heterocycles. The number of aliphatic hydroxyl groups is 1. The summed E-state index contributed by atoms with van der Waals surface area (Å²) in [6.45, 7) is 1.84. The van der Waals surface area contributed by atoms with Gasteiger partial charge >= 0.3 is 0 Å². The molecule has 0 aromatic carbocycles. The number of nitrogens with two attached hydrogens (primary N) is 1. The van der Waals surface area contributed by atoms with Crippen molar-refractivity contribution < 1.29 is 28.7 Å². The van der Waals surface area contributed by atoms with E-state index in [9.17, 15) is 23.4 Å². The first-order valence-corrected chi connectivity index (χ1v) is 7.12.